The van der Waals surface area contributed by atoms with Gasteiger partial charge in [0.2, 0.25) is 0 Å². The normalized spacial score (nSPS) is 15.7. The average molecular weight is 299 g/mol. The minimum absolute atomic E-state index is 0.294. The first-order valence-corrected chi connectivity index (χ1v) is 7.35. The number of halogens is 3. The molecule has 0 fully saturated rings. The summed E-state index contributed by atoms with van der Waals surface area (Å²) in [5.41, 5.74) is 2.54. The topological polar surface area (TPSA) is 50.9 Å². The summed E-state index contributed by atoms with van der Waals surface area (Å²) in [5.74, 6) is 6.02. The Morgan fingerprint density at radius 2 is 2.22 bits per heavy atom. The second kappa shape index (κ2) is 6.74. The van der Waals surface area contributed by atoms with Crippen LogP contribution >= 0.6 is 23.1 Å². The van der Waals surface area contributed by atoms with Crippen molar-refractivity contribution in [2.45, 2.75) is 37.7 Å². The molecule has 18 heavy (non-hydrogen) atoms. The quantitative estimate of drug-likeness (QED) is 0.625. The van der Waals surface area contributed by atoms with Gasteiger partial charge in [0.1, 0.15) is 0 Å². The Balaban J connectivity index is 2.68. The summed E-state index contributed by atoms with van der Waals surface area (Å²) in [6, 6.07) is -0.294. The lowest BCUT2D eigenvalue weighted by Crippen LogP contribution is -2.29. The number of nitrogens with two attached hydrogens (primary N) is 1. The zero-order valence-corrected chi connectivity index (χ0v) is 11.8. The lowest BCUT2D eigenvalue weighted by Gasteiger charge is -2.15. The van der Waals surface area contributed by atoms with Crippen LogP contribution in [-0.2, 0) is 6.18 Å². The molecule has 0 radical (unpaired) electrons. The summed E-state index contributed by atoms with van der Waals surface area (Å²) < 4.78 is 37.3. The molecule has 0 amide bonds. The molecule has 1 rings (SSSR count). The Bertz CT molecular complexity index is 367. The number of nitrogens with one attached hydrogen (secondary N) is 1. The molecule has 1 aromatic heterocycles. The monoisotopic (exact) mass is 299 g/mol. The van der Waals surface area contributed by atoms with Gasteiger partial charge in [-0.1, -0.05) is 13.8 Å². The molecule has 0 aliphatic heterocycles. The van der Waals surface area contributed by atoms with Crippen molar-refractivity contribution in [1.29, 1.82) is 0 Å². The van der Waals surface area contributed by atoms with E-state index in [0.29, 0.717) is 27.2 Å². The van der Waals surface area contributed by atoms with Gasteiger partial charge in [0, 0.05) is 22.1 Å². The van der Waals surface area contributed by atoms with Crippen LogP contribution in [0.5, 0.6) is 0 Å². The Morgan fingerprint density at radius 3 is 2.67 bits per heavy atom. The molecular formula is C10H16F3N3S2. The zero-order valence-electron chi connectivity index (χ0n) is 10.1. The molecule has 104 valence electrons. The van der Waals surface area contributed by atoms with Gasteiger partial charge in [0.05, 0.1) is 6.04 Å². The van der Waals surface area contributed by atoms with E-state index in [1.54, 1.807) is 11.8 Å². The second-order valence-corrected chi connectivity index (χ2v) is 6.37. The van der Waals surface area contributed by atoms with Crippen molar-refractivity contribution in [2.24, 2.45) is 5.84 Å². The molecule has 8 heteroatoms. The van der Waals surface area contributed by atoms with Crippen molar-refractivity contribution in [3.05, 3.63) is 16.1 Å². The zero-order chi connectivity index (χ0) is 13.8. The summed E-state index contributed by atoms with van der Waals surface area (Å²) in [4.78, 5) is 3.91. The van der Waals surface area contributed by atoms with Crippen LogP contribution in [0.25, 0.3) is 0 Å². The van der Waals surface area contributed by atoms with E-state index in [1.165, 1.54) is 6.20 Å². The van der Waals surface area contributed by atoms with Gasteiger partial charge in [-0.2, -0.15) is 24.9 Å². The molecule has 0 saturated heterocycles. The maximum atomic E-state index is 12.4. The van der Waals surface area contributed by atoms with Gasteiger partial charge in [0.15, 0.2) is 5.01 Å². The Labute approximate surface area is 112 Å². The highest BCUT2D eigenvalue weighted by atomic mass is 32.2. The third-order valence-corrected chi connectivity index (χ3v) is 5.02. The van der Waals surface area contributed by atoms with Crippen LogP contribution in [0.15, 0.2) is 6.20 Å². The lowest BCUT2D eigenvalue weighted by molar-refractivity contribution is -0.137. The number of hydrogen-bond acceptors (Lipinski definition) is 5. The number of thioether (sulfide) groups is 1. The van der Waals surface area contributed by atoms with Crippen molar-refractivity contribution in [1.82, 2.24) is 10.4 Å². The van der Waals surface area contributed by atoms with Crippen LogP contribution in [0, 0.1) is 0 Å². The van der Waals surface area contributed by atoms with E-state index >= 15 is 0 Å². The van der Waals surface area contributed by atoms with Crippen molar-refractivity contribution in [3.63, 3.8) is 0 Å². The fourth-order valence-corrected chi connectivity index (χ4v) is 3.15. The Kier molecular flexibility index (Phi) is 5.90. The van der Waals surface area contributed by atoms with Gasteiger partial charge in [-0.15, -0.1) is 11.3 Å². The Morgan fingerprint density at radius 1 is 1.56 bits per heavy atom. The van der Waals surface area contributed by atoms with Crippen LogP contribution in [0.3, 0.4) is 0 Å². The molecule has 3 N–H and O–H groups in total. The number of thiazole rings is 1. The van der Waals surface area contributed by atoms with Gasteiger partial charge in [-0.25, -0.2) is 4.98 Å². The van der Waals surface area contributed by atoms with Crippen molar-refractivity contribution < 1.29 is 13.2 Å². The summed E-state index contributed by atoms with van der Waals surface area (Å²) in [6.45, 7) is 4.14. The number of rotatable bonds is 6. The lowest BCUT2D eigenvalue weighted by atomic mass is 10.3. The third kappa shape index (κ3) is 4.42. The molecule has 0 spiro atoms. The first kappa shape index (κ1) is 15.7. The number of hydrogen-bond donors (Lipinski definition) is 2. The van der Waals surface area contributed by atoms with Crippen LogP contribution in [0.1, 0.15) is 36.2 Å². The largest absolute Gasteiger partial charge is 0.443 e. The summed E-state index contributed by atoms with van der Waals surface area (Å²) >= 11 is 2.32. The van der Waals surface area contributed by atoms with Gasteiger partial charge in [-0.05, 0) is 6.42 Å². The fraction of sp³-hybridized carbons (Fsp3) is 0.700. The van der Waals surface area contributed by atoms with E-state index in [1.807, 2.05) is 0 Å². The smallest absolute Gasteiger partial charge is 0.271 e. The van der Waals surface area contributed by atoms with E-state index in [2.05, 4.69) is 24.3 Å². The molecular weight excluding hydrogens is 283 g/mol. The molecule has 0 bridgehead atoms. The number of hydrazine groups is 1. The summed E-state index contributed by atoms with van der Waals surface area (Å²) in [5, 5.41) is -0.373. The average Bonchev–Trinajstić information content (AvgIpc) is 2.78. The minimum Gasteiger partial charge on any atom is -0.271 e. The molecule has 2 atom stereocenters. The van der Waals surface area contributed by atoms with E-state index in [0.717, 1.165) is 6.42 Å². The standard InChI is InChI=1S/C10H16F3N3S2/c1-3-6(2)17-5-7(16-14)8-4-15-9(18-8)10(11,12)13/h4,6-7,16H,3,5,14H2,1-2H3. The van der Waals surface area contributed by atoms with Crippen molar-refractivity contribution >= 4 is 23.1 Å². The number of aromatic nitrogens is 1. The SMILES string of the molecule is CCC(C)SCC(NN)c1cnc(C(F)(F)F)s1. The molecule has 1 heterocycles. The van der Waals surface area contributed by atoms with Crippen LogP contribution < -0.4 is 11.3 Å². The first-order chi connectivity index (χ1) is 8.38. The van der Waals surface area contributed by atoms with E-state index in [9.17, 15) is 13.2 Å². The molecule has 3 nitrogen and oxygen atoms in total. The molecule has 0 aromatic carbocycles. The van der Waals surface area contributed by atoms with Crippen molar-refractivity contribution in [3.8, 4) is 0 Å². The first-order valence-electron chi connectivity index (χ1n) is 5.49. The highest BCUT2D eigenvalue weighted by Gasteiger charge is 2.35. The second-order valence-electron chi connectivity index (χ2n) is 3.84. The summed E-state index contributed by atoms with van der Waals surface area (Å²) in [7, 11) is 0. The van der Waals surface area contributed by atoms with Crippen LogP contribution in [-0.4, -0.2) is 16.0 Å². The number of nitrogens with zero attached hydrogens (tertiary/aromatic N) is 1. The predicted molar refractivity (Wildman–Crippen MR) is 69.4 cm³/mol. The van der Waals surface area contributed by atoms with E-state index in [4.69, 9.17) is 5.84 Å². The molecule has 0 aliphatic carbocycles. The Hall–Kier alpha value is -0.310. The van der Waals surface area contributed by atoms with Gasteiger partial charge in [-0.3, -0.25) is 11.3 Å². The van der Waals surface area contributed by atoms with Crippen LogP contribution in [0.2, 0.25) is 0 Å². The van der Waals surface area contributed by atoms with Gasteiger partial charge >= 0.3 is 6.18 Å². The highest BCUT2D eigenvalue weighted by Crippen LogP contribution is 2.35. The van der Waals surface area contributed by atoms with Gasteiger partial charge in [0.25, 0.3) is 0 Å². The van der Waals surface area contributed by atoms with Crippen molar-refractivity contribution in [2.75, 3.05) is 5.75 Å². The molecule has 0 aliphatic rings. The van der Waals surface area contributed by atoms with Gasteiger partial charge < -0.3 is 0 Å². The molecule has 1 aromatic rings. The van der Waals surface area contributed by atoms with Crippen LogP contribution in [0.4, 0.5) is 13.2 Å². The summed E-state index contributed by atoms with van der Waals surface area (Å²) in [6.07, 6.45) is -2.13. The fourth-order valence-electron chi connectivity index (χ4n) is 1.17. The molecule has 2 unspecified atom stereocenters. The maximum Gasteiger partial charge on any atom is 0.443 e. The van der Waals surface area contributed by atoms with E-state index < -0.39 is 11.2 Å². The molecule has 0 saturated carbocycles. The number of alkyl halides is 3. The third-order valence-electron chi connectivity index (χ3n) is 2.43. The maximum absolute atomic E-state index is 12.4. The predicted octanol–water partition coefficient (Wildman–Crippen LogP) is 3.20. The highest BCUT2D eigenvalue weighted by molar-refractivity contribution is 7.99. The van der Waals surface area contributed by atoms with E-state index in [-0.39, 0.29) is 6.04 Å². The minimum atomic E-state index is -4.38.